The minimum atomic E-state index is 0.470. The lowest BCUT2D eigenvalue weighted by atomic mass is 9.99. The number of rotatable bonds is 1. The Kier molecular flexibility index (Phi) is 2.50. The summed E-state index contributed by atoms with van der Waals surface area (Å²) in [5.41, 5.74) is 3.15. The van der Waals surface area contributed by atoms with Gasteiger partial charge in [0.25, 0.3) is 0 Å². The van der Waals surface area contributed by atoms with E-state index < -0.39 is 0 Å². The number of aryl methyl sites for hydroxylation is 1. The Morgan fingerprint density at radius 1 is 1.50 bits per heavy atom. The molecular weight excluding hydrogens is 146 g/mol. The van der Waals surface area contributed by atoms with Crippen LogP contribution in [0.3, 0.4) is 0 Å². The van der Waals surface area contributed by atoms with Crippen molar-refractivity contribution in [2.45, 2.75) is 26.7 Å². The normalized spacial score (nSPS) is 9.92. The van der Waals surface area contributed by atoms with Gasteiger partial charge in [0.2, 0.25) is 0 Å². The van der Waals surface area contributed by atoms with Gasteiger partial charge in [-0.1, -0.05) is 19.8 Å². The van der Waals surface area contributed by atoms with Crippen LogP contribution in [0.4, 0.5) is 0 Å². The van der Waals surface area contributed by atoms with Gasteiger partial charge in [0, 0.05) is 17.5 Å². The van der Waals surface area contributed by atoms with E-state index in [1.165, 1.54) is 5.56 Å². The van der Waals surface area contributed by atoms with Crippen LogP contribution in [-0.4, -0.2) is 4.98 Å². The van der Waals surface area contributed by atoms with Gasteiger partial charge in [0.15, 0.2) is 0 Å². The number of hydrogen-bond donors (Lipinski definition) is 0. The van der Waals surface area contributed by atoms with Gasteiger partial charge in [-0.15, -0.1) is 6.42 Å². The van der Waals surface area contributed by atoms with Crippen LogP contribution in [0.2, 0.25) is 0 Å². The molecule has 0 saturated carbocycles. The standard InChI is InChI=1S/C11H13N/c1-5-10-7-12-9(4)6-11(10)8(2)3/h1,6-8H,2-4H3. The van der Waals surface area contributed by atoms with E-state index in [1.807, 2.05) is 6.92 Å². The molecular formula is C11H13N. The quantitative estimate of drug-likeness (QED) is 0.574. The summed E-state index contributed by atoms with van der Waals surface area (Å²) in [4.78, 5) is 4.15. The lowest BCUT2D eigenvalue weighted by molar-refractivity contribution is 0.855. The largest absolute Gasteiger partial charge is 0.260 e. The number of nitrogens with zero attached hydrogens (tertiary/aromatic N) is 1. The molecule has 0 aliphatic heterocycles. The van der Waals surface area contributed by atoms with E-state index >= 15 is 0 Å². The van der Waals surface area contributed by atoms with Crippen LogP contribution in [0.15, 0.2) is 12.3 Å². The molecule has 1 aromatic heterocycles. The minimum absolute atomic E-state index is 0.470. The summed E-state index contributed by atoms with van der Waals surface area (Å²) < 4.78 is 0. The third-order valence-electron chi connectivity index (χ3n) is 1.85. The third kappa shape index (κ3) is 1.65. The van der Waals surface area contributed by atoms with E-state index in [9.17, 15) is 0 Å². The molecule has 0 bridgehead atoms. The molecule has 1 rings (SSSR count). The molecule has 1 aromatic rings. The summed E-state index contributed by atoms with van der Waals surface area (Å²) in [6, 6.07) is 2.06. The minimum Gasteiger partial charge on any atom is -0.260 e. The molecule has 0 amide bonds. The second-order valence-electron chi connectivity index (χ2n) is 3.21. The highest BCUT2D eigenvalue weighted by molar-refractivity contribution is 5.40. The fourth-order valence-corrected chi connectivity index (χ4v) is 1.18. The Morgan fingerprint density at radius 3 is 2.67 bits per heavy atom. The van der Waals surface area contributed by atoms with Crippen LogP contribution < -0.4 is 0 Å². The summed E-state index contributed by atoms with van der Waals surface area (Å²) in [7, 11) is 0. The van der Waals surface area contributed by atoms with E-state index in [1.54, 1.807) is 6.20 Å². The summed E-state index contributed by atoms with van der Waals surface area (Å²) in [6.07, 6.45) is 7.12. The van der Waals surface area contributed by atoms with Crippen molar-refractivity contribution in [1.29, 1.82) is 0 Å². The summed E-state index contributed by atoms with van der Waals surface area (Å²) in [5.74, 6) is 3.11. The Morgan fingerprint density at radius 2 is 2.17 bits per heavy atom. The molecule has 0 N–H and O–H groups in total. The van der Waals surface area contributed by atoms with Gasteiger partial charge < -0.3 is 0 Å². The van der Waals surface area contributed by atoms with Crippen LogP contribution >= 0.6 is 0 Å². The highest BCUT2D eigenvalue weighted by Gasteiger charge is 2.04. The zero-order chi connectivity index (χ0) is 9.14. The molecule has 0 aliphatic rings. The molecule has 0 atom stereocenters. The van der Waals surface area contributed by atoms with Gasteiger partial charge in [-0.3, -0.25) is 4.98 Å². The number of aromatic nitrogens is 1. The van der Waals surface area contributed by atoms with E-state index in [2.05, 4.69) is 30.8 Å². The molecule has 0 fully saturated rings. The lowest BCUT2D eigenvalue weighted by Gasteiger charge is -2.08. The van der Waals surface area contributed by atoms with E-state index in [0.717, 1.165) is 11.3 Å². The fourth-order valence-electron chi connectivity index (χ4n) is 1.18. The van der Waals surface area contributed by atoms with E-state index in [0.29, 0.717) is 5.92 Å². The monoisotopic (exact) mass is 159 g/mol. The Hall–Kier alpha value is -1.29. The zero-order valence-corrected chi connectivity index (χ0v) is 7.76. The van der Waals surface area contributed by atoms with Crippen LogP contribution in [-0.2, 0) is 0 Å². The molecule has 0 spiro atoms. The van der Waals surface area contributed by atoms with Crippen LogP contribution in [0, 0.1) is 19.3 Å². The van der Waals surface area contributed by atoms with Gasteiger partial charge in [-0.2, -0.15) is 0 Å². The van der Waals surface area contributed by atoms with Crippen LogP contribution in [0.25, 0.3) is 0 Å². The molecule has 12 heavy (non-hydrogen) atoms. The van der Waals surface area contributed by atoms with Crippen molar-refractivity contribution < 1.29 is 0 Å². The van der Waals surface area contributed by atoms with Crippen molar-refractivity contribution in [2.24, 2.45) is 0 Å². The second-order valence-corrected chi connectivity index (χ2v) is 3.21. The van der Waals surface area contributed by atoms with Crippen molar-refractivity contribution in [2.75, 3.05) is 0 Å². The molecule has 62 valence electrons. The first kappa shape index (κ1) is 8.80. The zero-order valence-electron chi connectivity index (χ0n) is 7.76. The van der Waals surface area contributed by atoms with E-state index in [4.69, 9.17) is 6.42 Å². The van der Waals surface area contributed by atoms with Crippen LogP contribution in [0.1, 0.15) is 36.6 Å². The number of pyridine rings is 1. The molecule has 0 unspecified atom stereocenters. The van der Waals surface area contributed by atoms with Crippen LogP contribution in [0.5, 0.6) is 0 Å². The number of terminal acetylenes is 1. The first-order valence-electron chi connectivity index (χ1n) is 4.08. The van der Waals surface area contributed by atoms with Gasteiger partial charge >= 0.3 is 0 Å². The van der Waals surface area contributed by atoms with Crippen molar-refractivity contribution in [3.05, 3.63) is 29.1 Å². The SMILES string of the molecule is C#Cc1cnc(C)cc1C(C)C. The maximum Gasteiger partial charge on any atom is 0.0460 e. The molecule has 0 radical (unpaired) electrons. The Labute approximate surface area is 73.8 Å². The average Bonchev–Trinajstić information content (AvgIpc) is 2.04. The molecule has 0 aromatic carbocycles. The number of hydrogen-bond acceptors (Lipinski definition) is 1. The molecule has 0 saturated heterocycles. The second kappa shape index (κ2) is 3.40. The first-order valence-corrected chi connectivity index (χ1v) is 4.08. The topological polar surface area (TPSA) is 12.9 Å². The molecule has 1 heterocycles. The predicted octanol–water partition coefficient (Wildman–Crippen LogP) is 2.49. The van der Waals surface area contributed by atoms with Gasteiger partial charge in [0.1, 0.15) is 0 Å². The predicted molar refractivity (Wildman–Crippen MR) is 51.0 cm³/mol. The molecule has 1 heteroatoms. The summed E-state index contributed by atoms with van der Waals surface area (Å²) in [5, 5.41) is 0. The summed E-state index contributed by atoms with van der Waals surface area (Å²) >= 11 is 0. The van der Waals surface area contributed by atoms with Gasteiger partial charge in [-0.25, -0.2) is 0 Å². The highest BCUT2D eigenvalue weighted by Crippen LogP contribution is 2.18. The Bertz CT molecular complexity index is 318. The highest BCUT2D eigenvalue weighted by atomic mass is 14.7. The van der Waals surface area contributed by atoms with Crippen molar-refractivity contribution in [3.8, 4) is 12.3 Å². The average molecular weight is 159 g/mol. The van der Waals surface area contributed by atoms with Crippen molar-refractivity contribution >= 4 is 0 Å². The summed E-state index contributed by atoms with van der Waals surface area (Å²) in [6.45, 7) is 6.25. The fraction of sp³-hybridized carbons (Fsp3) is 0.364. The third-order valence-corrected chi connectivity index (χ3v) is 1.85. The Balaban J connectivity index is 3.24. The molecule has 1 nitrogen and oxygen atoms in total. The van der Waals surface area contributed by atoms with Crippen molar-refractivity contribution in [1.82, 2.24) is 4.98 Å². The first-order chi connectivity index (χ1) is 5.65. The smallest absolute Gasteiger partial charge is 0.0460 e. The van der Waals surface area contributed by atoms with Crippen molar-refractivity contribution in [3.63, 3.8) is 0 Å². The molecule has 0 aliphatic carbocycles. The van der Waals surface area contributed by atoms with E-state index in [-0.39, 0.29) is 0 Å². The maximum atomic E-state index is 5.35. The van der Waals surface area contributed by atoms with Gasteiger partial charge in [-0.05, 0) is 24.5 Å². The van der Waals surface area contributed by atoms with Gasteiger partial charge in [0.05, 0.1) is 0 Å². The maximum absolute atomic E-state index is 5.35. The lowest BCUT2D eigenvalue weighted by Crippen LogP contribution is -1.95.